The van der Waals surface area contributed by atoms with Crippen LogP contribution >= 0.6 is 0 Å². The topological polar surface area (TPSA) is 70.7 Å². The summed E-state index contributed by atoms with van der Waals surface area (Å²) < 4.78 is 5.63. The van der Waals surface area contributed by atoms with Crippen LogP contribution < -0.4 is 15.4 Å². The van der Waals surface area contributed by atoms with Crippen molar-refractivity contribution < 1.29 is 14.3 Å². The van der Waals surface area contributed by atoms with Crippen molar-refractivity contribution in [3.05, 3.63) is 24.3 Å². The van der Waals surface area contributed by atoms with Crippen molar-refractivity contribution >= 4 is 17.5 Å². The van der Waals surface area contributed by atoms with Crippen LogP contribution in [0.15, 0.2) is 24.3 Å². The van der Waals surface area contributed by atoms with Gasteiger partial charge in [-0.15, -0.1) is 0 Å². The Labute approximate surface area is 155 Å². The smallest absolute Gasteiger partial charge is 0.260 e. The molecule has 0 radical (unpaired) electrons. The fourth-order valence-electron chi connectivity index (χ4n) is 3.81. The molecule has 2 aliphatic heterocycles. The van der Waals surface area contributed by atoms with Crippen molar-refractivity contribution in [3.8, 4) is 5.75 Å². The highest BCUT2D eigenvalue weighted by Crippen LogP contribution is 2.39. The molecule has 0 atom stereocenters. The van der Waals surface area contributed by atoms with E-state index < -0.39 is 0 Å². The zero-order chi connectivity index (χ0) is 18.4. The van der Waals surface area contributed by atoms with Crippen LogP contribution in [-0.2, 0) is 9.59 Å². The van der Waals surface area contributed by atoms with Crippen LogP contribution in [0.1, 0.15) is 39.0 Å². The Bertz CT molecular complexity index is 614. The number of hydrogen-bond acceptors (Lipinski definition) is 4. The largest absolute Gasteiger partial charge is 0.484 e. The van der Waals surface area contributed by atoms with E-state index in [2.05, 4.69) is 10.6 Å². The van der Waals surface area contributed by atoms with Gasteiger partial charge >= 0.3 is 0 Å². The molecular weight excluding hydrogens is 330 g/mol. The maximum Gasteiger partial charge on any atom is 0.260 e. The summed E-state index contributed by atoms with van der Waals surface area (Å²) in [5.74, 6) is 0.669. The standard InChI is InChI=1S/C20H29N3O3/c1-2-18(24)22-16-3-5-17(6-4-16)26-15-19(25)23-13-9-20(10-14-23)7-11-21-12-8-20/h3-6,21H,2,7-15H2,1H3,(H,22,24). The van der Waals surface area contributed by atoms with Crippen LogP contribution in [0.3, 0.4) is 0 Å². The van der Waals surface area contributed by atoms with E-state index >= 15 is 0 Å². The van der Waals surface area contributed by atoms with E-state index in [1.807, 2.05) is 11.8 Å². The summed E-state index contributed by atoms with van der Waals surface area (Å²) in [5, 5.41) is 6.21. The van der Waals surface area contributed by atoms with Gasteiger partial charge in [-0.2, -0.15) is 0 Å². The third-order valence-electron chi connectivity index (χ3n) is 5.66. The zero-order valence-corrected chi connectivity index (χ0v) is 15.6. The number of likely N-dealkylation sites (tertiary alicyclic amines) is 1. The van der Waals surface area contributed by atoms with Crippen molar-refractivity contribution in [2.24, 2.45) is 5.41 Å². The van der Waals surface area contributed by atoms with E-state index in [4.69, 9.17) is 4.74 Å². The molecule has 0 saturated carbocycles. The highest BCUT2D eigenvalue weighted by atomic mass is 16.5. The average Bonchev–Trinajstić information content (AvgIpc) is 2.68. The summed E-state index contributed by atoms with van der Waals surface area (Å²) in [6.07, 6.45) is 5.11. The van der Waals surface area contributed by atoms with Crippen molar-refractivity contribution in [2.45, 2.75) is 39.0 Å². The lowest BCUT2D eigenvalue weighted by Crippen LogP contribution is -2.48. The predicted molar refractivity (Wildman–Crippen MR) is 101 cm³/mol. The summed E-state index contributed by atoms with van der Waals surface area (Å²) in [7, 11) is 0. The van der Waals surface area contributed by atoms with Crippen LogP contribution in [-0.4, -0.2) is 49.5 Å². The van der Waals surface area contributed by atoms with Crippen LogP contribution in [0.4, 0.5) is 5.69 Å². The maximum absolute atomic E-state index is 12.4. The minimum atomic E-state index is -0.0227. The molecule has 1 aromatic carbocycles. The number of ether oxygens (including phenoxy) is 1. The van der Waals surface area contributed by atoms with E-state index in [-0.39, 0.29) is 18.4 Å². The molecule has 0 aromatic heterocycles. The number of carbonyl (C=O) groups excluding carboxylic acids is 2. The molecule has 2 fully saturated rings. The number of anilines is 1. The fraction of sp³-hybridized carbons (Fsp3) is 0.600. The Morgan fingerprint density at radius 3 is 2.38 bits per heavy atom. The molecule has 0 bridgehead atoms. The molecular formula is C20H29N3O3. The van der Waals surface area contributed by atoms with Crippen molar-refractivity contribution in [2.75, 3.05) is 38.1 Å². The Hall–Kier alpha value is -2.08. The van der Waals surface area contributed by atoms with Crippen molar-refractivity contribution in [3.63, 3.8) is 0 Å². The second kappa shape index (κ2) is 8.54. The SMILES string of the molecule is CCC(=O)Nc1ccc(OCC(=O)N2CCC3(CCNCC3)CC2)cc1. The molecule has 2 saturated heterocycles. The number of piperidine rings is 2. The van der Waals surface area contributed by atoms with Crippen LogP contribution in [0.5, 0.6) is 5.75 Å². The molecule has 3 rings (SSSR count). The average molecular weight is 359 g/mol. The number of nitrogens with zero attached hydrogens (tertiary/aromatic N) is 1. The van der Waals surface area contributed by atoms with Gasteiger partial charge in [-0.3, -0.25) is 9.59 Å². The zero-order valence-electron chi connectivity index (χ0n) is 15.6. The molecule has 142 valence electrons. The molecule has 1 spiro atoms. The summed E-state index contributed by atoms with van der Waals surface area (Å²) in [6.45, 7) is 5.76. The van der Waals surface area contributed by atoms with Crippen LogP contribution in [0, 0.1) is 5.41 Å². The number of carbonyl (C=O) groups is 2. The number of benzene rings is 1. The lowest BCUT2D eigenvalue weighted by atomic mass is 9.71. The third kappa shape index (κ3) is 4.75. The van der Waals surface area contributed by atoms with E-state index in [1.165, 1.54) is 12.8 Å². The highest BCUT2D eigenvalue weighted by molar-refractivity contribution is 5.90. The normalized spacial score (nSPS) is 19.2. The number of hydrogen-bond donors (Lipinski definition) is 2. The monoisotopic (exact) mass is 359 g/mol. The van der Waals surface area contributed by atoms with Gasteiger partial charge in [-0.25, -0.2) is 0 Å². The van der Waals surface area contributed by atoms with Gasteiger partial charge < -0.3 is 20.3 Å². The van der Waals surface area contributed by atoms with Gasteiger partial charge in [0.1, 0.15) is 5.75 Å². The molecule has 0 aliphatic carbocycles. The molecule has 0 unspecified atom stereocenters. The van der Waals surface area contributed by atoms with Gasteiger partial charge in [-0.1, -0.05) is 6.92 Å². The summed E-state index contributed by atoms with van der Waals surface area (Å²) in [6, 6.07) is 7.13. The first-order valence-electron chi connectivity index (χ1n) is 9.61. The van der Waals surface area contributed by atoms with Gasteiger partial charge in [0.15, 0.2) is 6.61 Å². The number of amides is 2. The van der Waals surface area contributed by atoms with Crippen molar-refractivity contribution in [1.82, 2.24) is 10.2 Å². The van der Waals surface area contributed by atoms with Crippen molar-refractivity contribution in [1.29, 1.82) is 0 Å². The van der Waals surface area contributed by atoms with Gasteiger partial charge in [0.2, 0.25) is 5.91 Å². The molecule has 2 amide bonds. The van der Waals surface area contributed by atoms with E-state index in [9.17, 15) is 9.59 Å². The maximum atomic E-state index is 12.4. The second-order valence-corrected chi connectivity index (χ2v) is 7.35. The van der Waals surface area contributed by atoms with E-state index in [0.717, 1.165) is 44.7 Å². The molecule has 2 aliphatic rings. The van der Waals surface area contributed by atoms with Gasteiger partial charge in [0.25, 0.3) is 5.91 Å². The first-order valence-corrected chi connectivity index (χ1v) is 9.61. The molecule has 1 aromatic rings. The van der Waals surface area contributed by atoms with Crippen LogP contribution in [0.25, 0.3) is 0 Å². The first kappa shape index (κ1) is 18.7. The molecule has 2 heterocycles. The van der Waals surface area contributed by atoms with Crippen LogP contribution in [0.2, 0.25) is 0 Å². The van der Waals surface area contributed by atoms with Gasteiger partial charge in [-0.05, 0) is 68.5 Å². The predicted octanol–water partition coefficient (Wildman–Crippen LogP) is 2.41. The van der Waals surface area contributed by atoms with Gasteiger partial charge in [0.05, 0.1) is 0 Å². The summed E-state index contributed by atoms with van der Waals surface area (Å²) in [4.78, 5) is 25.7. The highest BCUT2D eigenvalue weighted by Gasteiger charge is 2.36. The molecule has 6 heteroatoms. The lowest BCUT2D eigenvalue weighted by molar-refractivity contribution is -0.136. The molecule has 26 heavy (non-hydrogen) atoms. The fourth-order valence-corrected chi connectivity index (χ4v) is 3.81. The first-order chi connectivity index (χ1) is 12.6. The second-order valence-electron chi connectivity index (χ2n) is 7.35. The Morgan fingerprint density at radius 2 is 1.77 bits per heavy atom. The molecule has 2 N–H and O–H groups in total. The lowest BCUT2D eigenvalue weighted by Gasteiger charge is -2.44. The third-order valence-corrected chi connectivity index (χ3v) is 5.66. The Balaban J connectivity index is 1.43. The van der Waals surface area contributed by atoms with E-state index in [0.29, 0.717) is 17.6 Å². The summed E-state index contributed by atoms with van der Waals surface area (Å²) >= 11 is 0. The minimum Gasteiger partial charge on any atom is -0.484 e. The number of rotatable bonds is 5. The van der Waals surface area contributed by atoms with Gasteiger partial charge in [0, 0.05) is 25.2 Å². The number of nitrogens with one attached hydrogen (secondary N) is 2. The minimum absolute atomic E-state index is 0.0227. The molecule has 6 nitrogen and oxygen atoms in total. The van der Waals surface area contributed by atoms with E-state index in [1.54, 1.807) is 24.3 Å². The summed E-state index contributed by atoms with van der Waals surface area (Å²) in [5.41, 5.74) is 1.18. The Kier molecular flexibility index (Phi) is 6.14. The quantitative estimate of drug-likeness (QED) is 0.847. The Morgan fingerprint density at radius 1 is 1.12 bits per heavy atom.